The Balaban J connectivity index is 2.83. The normalized spacial score (nSPS) is 9.93. The summed E-state index contributed by atoms with van der Waals surface area (Å²) in [5.41, 5.74) is 0.550. The molecule has 0 unspecified atom stereocenters. The average molecular weight is 305 g/mol. The van der Waals surface area contributed by atoms with E-state index >= 15 is 0 Å². The molecule has 1 heterocycles. The molecule has 1 amide bonds. The predicted molar refractivity (Wildman–Crippen MR) is 62.0 cm³/mol. The second-order valence-corrected chi connectivity index (χ2v) is 3.68. The van der Waals surface area contributed by atoms with Crippen LogP contribution in [0, 0.1) is 3.83 Å². The van der Waals surface area contributed by atoms with Gasteiger partial charge in [-0.15, -0.1) is 0 Å². The van der Waals surface area contributed by atoms with Gasteiger partial charge in [-0.05, 0) is 13.8 Å². The number of halogens is 1. The molecule has 0 N–H and O–H groups in total. The molecular weight excluding hydrogens is 293 g/mol. The summed E-state index contributed by atoms with van der Waals surface area (Å²) in [6.07, 6.45) is 3.13. The minimum atomic E-state index is -0.00796. The molecule has 0 aliphatic heterocycles. The summed E-state index contributed by atoms with van der Waals surface area (Å²) in [5, 5.41) is 0. The minimum absolute atomic E-state index is 0.00796. The molecule has 1 rings (SSSR count). The van der Waals surface area contributed by atoms with Crippen molar-refractivity contribution >= 4 is 28.5 Å². The molecule has 0 saturated heterocycles. The van der Waals surface area contributed by atoms with E-state index in [0.717, 1.165) is 0 Å². The van der Waals surface area contributed by atoms with E-state index in [2.05, 4.69) is 9.97 Å². The Bertz CT molecular complexity index is 308. The van der Waals surface area contributed by atoms with E-state index < -0.39 is 0 Å². The van der Waals surface area contributed by atoms with Crippen molar-refractivity contribution < 1.29 is 4.79 Å². The molecular formula is C9H12IN3O. The Morgan fingerprint density at radius 3 is 2.29 bits per heavy atom. The lowest BCUT2D eigenvalue weighted by molar-refractivity contribution is 0.0772. The number of nitrogens with zero attached hydrogens (tertiary/aromatic N) is 3. The van der Waals surface area contributed by atoms with E-state index in [9.17, 15) is 4.79 Å². The molecule has 0 fully saturated rings. The Morgan fingerprint density at radius 2 is 1.86 bits per heavy atom. The first-order chi connectivity index (χ1) is 6.69. The summed E-state index contributed by atoms with van der Waals surface area (Å²) in [6.45, 7) is 5.33. The molecule has 0 spiro atoms. The van der Waals surface area contributed by atoms with Crippen LogP contribution in [-0.2, 0) is 0 Å². The van der Waals surface area contributed by atoms with Gasteiger partial charge in [-0.1, -0.05) is 0 Å². The van der Waals surface area contributed by atoms with Gasteiger partial charge in [0.05, 0.1) is 5.56 Å². The maximum absolute atomic E-state index is 11.8. The van der Waals surface area contributed by atoms with E-state index in [1.165, 1.54) is 0 Å². The summed E-state index contributed by atoms with van der Waals surface area (Å²) >= 11 is 2.01. The number of aromatic nitrogens is 2. The van der Waals surface area contributed by atoms with Crippen LogP contribution in [0.25, 0.3) is 0 Å². The fourth-order valence-corrected chi connectivity index (χ4v) is 1.39. The second-order valence-electron chi connectivity index (χ2n) is 2.72. The van der Waals surface area contributed by atoms with Crippen molar-refractivity contribution in [1.29, 1.82) is 0 Å². The molecule has 0 aromatic carbocycles. The molecule has 0 radical (unpaired) electrons. The van der Waals surface area contributed by atoms with Crippen LogP contribution in [0.5, 0.6) is 0 Å². The van der Waals surface area contributed by atoms with Gasteiger partial charge in [-0.2, -0.15) is 0 Å². The van der Waals surface area contributed by atoms with Crippen molar-refractivity contribution in [2.75, 3.05) is 13.1 Å². The lowest BCUT2D eigenvalue weighted by Gasteiger charge is -2.17. The quantitative estimate of drug-likeness (QED) is 0.629. The van der Waals surface area contributed by atoms with Gasteiger partial charge in [0.1, 0.15) is 0 Å². The lowest BCUT2D eigenvalue weighted by Crippen LogP contribution is -2.30. The van der Waals surface area contributed by atoms with Gasteiger partial charge in [0, 0.05) is 48.1 Å². The number of rotatable bonds is 3. The summed E-state index contributed by atoms with van der Waals surface area (Å²) in [4.78, 5) is 21.5. The van der Waals surface area contributed by atoms with Crippen LogP contribution in [0.1, 0.15) is 24.2 Å². The van der Waals surface area contributed by atoms with Gasteiger partial charge in [-0.25, -0.2) is 9.97 Å². The first-order valence-electron chi connectivity index (χ1n) is 4.45. The van der Waals surface area contributed by atoms with Crippen LogP contribution in [0.2, 0.25) is 0 Å². The first-order valence-corrected chi connectivity index (χ1v) is 5.53. The van der Waals surface area contributed by atoms with Crippen molar-refractivity contribution in [3.63, 3.8) is 0 Å². The highest BCUT2D eigenvalue weighted by atomic mass is 127. The summed E-state index contributed by atoms with van der Waals surface area (Å²) in [5.74, 6) is -0.00796. The number of hydrogen-bond acceptors (Lipinski definition) is 3. The van der Waals surface area contributed by atoms with E-state index in [-0.39, 0.29) is 5.91 Å². The fourth-order valence-electron chi connectivity index (χ4n) is 1.12. The standard InChI is InChI=1S/C9H12IN3O/c1-3-13(4-2)8(14)7-5-11-9(10)12-6-7/h5-6H,3-4H2,1-2H3. The Morgan fingerprint density at radius 1 is 1.36 bits per heavy atom. The summed E-state index contributed by atoms with van der Waals surface area (Å²) in [6, 6.07) is 0. The van der Waals surface area contributed by atoms with Gasteiger partial charge in [-0.3, -0.25) is 4.79 Å². The molecule has 0 atom stereocenters. The highest BCUT2D eigenvalue weighted by molar-refractivity contribution is 14.1. The maximum atomic E-state index is 11.8. The zero-order valence-electron chi connectivity index (χ0n) is 8.20. The SMILES string of the molecule is CCN(CC)C(=O)c1cnc(I)nc1. The third kappa shape index (κ3) is 2.63. The molecule has 1 aromatic rings. The Hall–Kier alpha value is -0.720. The van der Waals surface area contributed by atoms with Crippen LogP contribution < -0.4 is 0 Å². The Labute approximate surface area is 96.9 Å². The monoisotopic (exact) mass is 305 g/mol. The minimum Gasteiger partial charge on any atom is -0.339 e. The third-order valence-electron chi connectivity index (χ3n) is 1.92. The van der Waals surface area contributed by atoms with Crippen molar-refractivity contribution in [1.82, 2.24) is 14.9 Å². The van der Waals surface area contributed by atoms with Gasteiger partial charge >= 0.3 is 0 Å². The lowest BCUT2D eigenvalue weighted by atomic mass is 10.3. The van der Waals surface area contributed by atoms with Crippen LogP contribution >= 0.6 is 22.6 Å². The van der Waals surface area contributed by atoms with Crippen molar-refractivity contribution in [3.8, 4) is 0 Å². The molecule has 76 valence electrons. The van der Waals surface area contributed by atoms with Gasteiger partial charge in [0.25, 0.3) is 5.91 Å². The van der Waals surface area contributed by atoms with Crippen LogP contribution in [0.15, 0.2) is 12.4 Å². The van der Waals surface area contributed by atoms with E-state index in [1.807, 2.05) is 36.4 Å². The van der Waals surface area contributed by atoms with E-state index in [4.69, 9.17) is 0 Å². The largest absolute Gasteiger partial charge is 0.339 e. The molecule has 0 saturated carbocycles. The third-order valence-corrected chi connectivity index (χ3v) is 2.47. The van der Waals surface area contributed by atoms with Gasteiger partial charge in [0.2, 0.25) is 0 Å². The van der Waals surface area contributed by atoms with Crippen LogP contribution in [0.3, 0.4) is 0 Å². The average Bonchev–Trinajstić information content (AvgIpc) is 2.20. The molecule has 1 aromatic heterocycles. The zero-order valence-corrected chi connectivity index (χ0v) is 10.4. The predicted octanol–water partition coefficient (Wildman–Crippen LogP) is 1.56. The number of carbonyl (C=O) groups is 1. The van der Waals surface area contributed by atoms with Gasteiger partial charge in [0.15, 0.2) is 3.83 Å². The number of hydrogen-bond donors (Lipinski definition) is 0. The molecule has 0 bridgehead atoms. The van der Waals surface area contributed by atoms with E-state index in [0.29, 0.717) is 22.5 Å². The summed E-state index contributed by atoms with van der Waals surface area (Å²) < 4.78 is 0.652. The number of carbonyl (C=O) groups excluding carboxylic acids is 1. The molecule has 0 aliphatic carbocycles. The molecule has 4 nitrogen and oxygen atoms in total. The van der Waals surface area contributed by atoms with Crippen molar-refractivity contribution in [3.05, 3.63) is 21.8 Å². The van der Waals surface area contributed by atoms with Crippen molar-refractivity contribution in [2.45, 2.75) is 13.8 Å². The second kappa shape index (κ2) is 5.23. The van der Waals surface area contributed by atoms with Crippen molar-refractivity contribution in [2.24, 2.45) is 0 Å². The van der Waals surface area contributed by atoms with Gasteiger partial charge < -0.3 is 4.90 Å². The highest BCUT2D eigenvalue weighted by Gasteiger charge is 2.12. The summed E-state index contributed by atoms with van der Waals surface area (Å²) in [7, 11) is 0. The highest BCUT2D eigenvalue weighted by Crippen LogP contribution is 2.03. The van der Waals surface area contributed by atoms with Crippen LogP contribution in [0.4, 0.5) is 0 Å². The maximum Gasteiger partial charge on any atom is 0.256 e. The molecule has 14 heavy (non-hydrogen) atoms. The Kier molecular flexibility index (Phi) is 4.24. The first kappa shape index (κ1) is 11.4. The van der Waals surface area contributed by atoms with E-state index in [1.54, 1.807) is 17.3 Å². The fraction of sp³-hybridized carbons (Fsp3) is 0.444. The topological polar surface area (TPSA) is 46.1 Å². The smallest absolute Gasteiger partial charge is 0.256 e. The molecule has 5 heteroatoms. The number of amides is 1. The van der Waals surface area contributed by atoms with Crippen LogP contribution in [-0.4, -0.2) is 33.9 Å². The zero-order chi connectivity index (χ0) is 10.6. The molecule has 0 aliphatic rings.